The quantitative estimate of drug-likeness (QED) is 0.578. The van der Waals surface area contributed by atoms with Crippen molar-refractivity contribution in [3.8, 4) is 0 Å². The summed E-state index contributed by atoms with van der Waals surface area (Å²) in [6, 6.07) is -1.03. The lowest BCUT2D eigenvalue weighted by molar-refractivity contribution is -0.152. The van der Waals surface area contributed by atoms with Crippen LogP contribution in [0.15, 0.2) is 0 Å². The monoisotopic (exact) mass is 242 g/mol. The molecule has 0 aromatic rings. The van der Waals surface area contributed by atoms with Crippen molar-refractivity contribution in [2.24, 2.45) is 11.7 Å². The molecule has 17 heavy (non-hydrogen) atoms. The van der Waals surface area contributed by atoms with Crippen molar-refractivity contribution in [1.29, 1.82) is 0 Å². The van der Waals surface area contributed by atoms with Gasteiger partial charge in [-0.2, -0.15) is 0 Å². The van der Waals surface area contributed by atoms with Gasteiger partial charge < -0.3 is 15.4 Å². The molecule has 0 spiro atoms. The molecule has 1 aliphatic heterocycles. The Kier molecular flexibility index (Phi) is 4.93. The van der Waals surface area contributed by atoms with Gasteiger partial charge in [0.1, 0.15) is 0 Å². The Bertz CT molecular complexity index is 293. The number of rotatable bonds is 3. The van der Waals surface area contributed by atoms with Crippen LogP contribution in [0.1, 0.15) is 33.6 Å². The van der Waals surface area contributed by atoms with E-state index in [1.165, 1.54) is 0 Å². The molecule has 3 atom stereocenters. The van der Waals surface area contributed by atoms with Gasteiger partial charge in [0.25, 0.3) is 5.91 Å². The molecule has 5 heteroatoms. The van der Waals surface area contributed by atoms with Crippen molar-refractivity contribution in [1.82, 2.24) is 4.90 Å². The Labute approximate surface area is 102 Å². The predicted molar refractivity (Wildman–Crippen MR) is 64.2 cm³/mol. The van der Waals surface area contributed by atoms with Crippen LogP contribution in [0.5, 0.6) is 0 Å². The third kappa shape index (κ3) is 3.43. The summed E-state index contributed by atoms with van der Waals surface area (Å²) in [5, 5.41) is 0. The van der Waals surface area contributed by atoms with Crippen LogP contribution in [-0.4, -0.2) is 42.0 Å². The molecule has 2 N–H and O–H groups in total. The molecule has 1 heterocycles. The average Bonchev–Trinajstić information content (AvgIpc) is 2.30. The van der Waals surface area contributed by atoms with Gasteiger partial charge in [0.15, 0.2) is 6.04 Å². The number of carbonyl (C=O) groups excluding carboxylic acids is 2. The van der Waals surface area contributed by atoms with E-state index in [-0.39, 0.29) is 18.6 Å². The third-order valence-electron chi connectivity index (χ3n) is 3.21. The van der Waals surface area contributed by atoms with Crippen LogP contribution < -0.4 is 5.73 Å². The zero-order valence-corrected chi connectivity index (χ0v) is 10.8. The molecule has 1 aliphatic rings. The molecule has 0 radical (unpaired) electrons. The van der Waals surface area contributed by atoms with Crippen LogP contribution in [0, 0.1) is 5.92 Å². The second-order valence-electron chi connectivity index (χ2n) is 4.75. The summed E-state index contributed by atoms with van der Waals surface area (Å²) in [6.45, 7) is 6.70. The number of esters is 1. The number of ether oxygens (including phenoxy) is 1. The van der Waals surface area contributed by atoms with E-state index in [9.17, 15) is 9.59 Å². The molecule has 98 valence electrons. The molecule has 0 bridgehead atoms. The highest BCUT2D eigenvalue weighted by Gasteiger charge is 2.33. The smallest absolute Gasteiger partial charge is 0.332 e. The molecule has 5 nitrogen and oxygen atoms in total. The summed E-state index contributed by atoms with van der Waals surface area (Å²) in [4.78, 5) is 25.2. The first kappa shape index (κ1) is 14.0. The largest absolute Gasteiger partial charge is 0.464 e. The molecule has 1 rings (SSSR count). The molecule has 1 fully saturated rings. The molecule has 3 unspecified atom stereocenters. The fourth-order valence-electron chi connectivity index (χ4n) is 2.11. The summed E-state index contributed by atoms with van der Waals surface area (Å²) < 4.78 is 4.77. The van der Waals surface area contributed by atoms with E-state index < -0.39 is 12.0 Å². The Balaban J connectivity index is 2.64. The number of hydrogen-bond donors (Lipinski definition) is 1. The van der Waals surface area contributed by atoms with Gasteiger partial charge in [-0.15, -0.1) is 0 Å². The highest BCUT2D eigenvalue weighted by Crippen LogP contribution is 2.21. The Morgan fingerprint density at radius 1 is 1.41 bits per heavy atom. The molecule has 0 aromatic carbocycles. The summed E-state index contributed by atoms with van der Waals surface area (Å²) in [6.07, 6.45) is 2.07. The van der Waals surface area contributed by atoms with Gasteiger partial charge in [0.2, 0.25) is 0 Å². The number of hydrogen-bond acceptors (Lipinski definition) is 4. The topological polar surface area (TPSA) is 72.6 Å². The fourth-order valence-corrected chi connectivity index (χ4v) is 2.11. The summed E-state index contributed by atoms with van der Waals surface area (Å²) in [5.41, 5.74) is 5.62. The number of carbonyl (C=O) groups is 2. The standard InChI is InChI=1S/C12H22N2O3/c1-4-17-12(16)10(13)11(15)14-7-8(2)5-6-9(14)3/h8-10H,4-7,13H2,1-3H3. The van der Waals surface area contributed by atoms with Gasteiger partial charge in [0, 0.05) is 12.6 Å². The van der Waals surface area contributed by atoms with Gasteiger partial charge in [-0.3, -0.25) is 4.79 Å². The maximum atomic E-state index is 12.1. The second-order valence-corrected chi connectivity index (χ2v) is 4.75. The van der Waals surface area contributed by atoms with Crippen molar-refractivity contribution in [2.45, 2.75) is 45.7 Å². The summed E-state index contributed by atoms with van der Waals surface area (Å²) in [7, 11) is 0. The van der Waals surface area contributed by atoms with E-state index in [4.69, 9.17) is 10.5 Å². The van der Waals surface area contributed by atoms with E-state index >= 15 is 0 Å². The lowest BCUT2D eigenvalue weighted by Gasteiger charge is -2.37. The molecule has 0 saturated carbocycles. The highest BCUT2D eigenvalue weighted by molar-refractivity contribution is 6.01. The SMILES string of the molecule is CCOC(=O)C(N)C(=O)N1CC(C)CCC1C. The second kappa shape index (κ2) is 6.00. The number of piperidine rings is 1. The van der Waals surface area contributed by atoms with Crippen molar-refractivity contribution in [3.63, 3.8) is 0 Å². The zero-order valence-electron chi connectivity index (χ0n) is 10.8. The fraction of sp³-hybridized carbons (Fsp3) is 0.833. The number of nitrogens with two attached hydrogens (primary N) is 1. The first-order valence-electron chi connectivity index (χ1n) is 6.20. The van der Waals surface area contributed by atoms with Crippen molar-refractivity contribution in [3.05, 3.63) is 0 Å². The number of likely N-dealkylation sites (tertiary alicyclic amines) is 1. The summed E-state index contributed by atoms with van der Waals surface area (Å²) >= 11 is 0. The van der Waals surface area contributed by atoms with Crippen LogP contribution in [0.2, 0.25) is 0 Å². The molecular weight excluding hydrogens is 220 g/mol. The maximum Gasteiger partial charge on any atom is 0.332 e. The van der Waals surface area contributed by atoms with Crippen LogP contribution in [0.4, 0.5) is 0 Å². The van der Waals surface area contributed by atoms with Crippen LogP contribution in [0.25, 0.3) is 0 Å². The lowest BCUT2D eigenvalue weighted by atomic mass is 9.94. The minimum atomic E-state index is -1.18. The third-order valence-corrected chi connectivity index (χ3v) is 3.21. The zero-order chi connectivity index (χ0) is 13.0. The van der Waals surface area contributed by atoms with Crippen LogP contribution in [-0.2, 0) is 14.3 Å². The van der Waals surface area contributed by atoms with Gasteiger partial charge >= 0.3 is 5.97 Å². The van der Waals surface area contributed by atoms with E-state index in [1.807, 2.05) is 6.92 Å². The Hall–Kier alpha value is -1.10. The minimum Gasteiger partial charge on any atom is -0.464 e. The van der Waals surface area contributed by atoms with Gasteiger partial charge in [-0.05, 0) is 32.6 Å². The maximum absolute atomic E-state index is 12.1. The van der Waals surface area contributed by atoms with E-state index in [2.05, 4.69) is 6.92 Å². The normalized spacial score (nSPS) is 26.5. The molecular formula is C12H22N2O3. The highest BCUT2D eigenvalue weighted by atomic mass is 16.5. The van der Waals surface area contributed by atoms with Gasteiger partial charge in [-0.1, -0.05) is 6.92 Å². The lowest BCUT2D eigenvalue weighted by Crippen LogP contribution is -2.54. The van der Waals surface area contributed by atoms with Crippen LogP contribution in [0.3, 0.4) is 0 Å². The van der Waals surface area contributed by atoms with Crippen molar-refractivity contribution >= 4 is 11.9 Å². The average molecular weight is 242 g/mol. The molecule has 0 aliphatic carbocycles. The number of amides is 1. The molecule has 1 amide bonds. The minimum absolute atomic E-state index is 0.152. The van der Waals surface area contributed by atoms with E-state index in [0.29, 0.717) is 12.5 Å². The molecule has 0 aromatic heterocycles. The van der Waals surface area contributed by atoms with Crippen LogP contribution >= 0.6 is 0 Å². The van der Waals surface area contributed by atoms with Crippen molar-refractivity contribution in [2.75, 3.05) is 13.2 Å². The van der Waals surface area contributed by atoms with E-state index in [1.54, 1.807) is 11.8 Å². The molecule has 1 saturated heterocycles. The predicted octanol–water partition coefficient (Wildman–Crippen LogP) is 0.524. The van der Waals surface area contributed by atoms with Gasteiger partial charge in [-0.25, -0.2) is 4.79 Å². The number of nitrogens with zero attached hydrogens (tertiary/aromatic N) is 1. The van der Waals surface area contributed by atoms with Crippen molar-refractivity contribution < 1.29 is 14.3 Å². The first-order valence-corrected chi connectivity index (χ1v) is 6.20. The summed E-state index contributed by atoms with van der Waals surface area (Å²) in [5.74, 6) is -0.491. The van der Waals surface area contributed by atoms with Gasteiger partial charge in [0.05, 0.1) is 6.61 Å². The first-order chi connectivity index (χ1) is 7.97. The Morgan fingerprint density at radius 3 is 2.65 bits per heavy atom. The van der Waals surface area contributed by atoms with E-state index in [0.717, 1.165) is 12.8 Å². The Morgan fingerprint density at radius 2 is 2.06 bits per heavy atom.